The summed E-state index contributed by atoms with van der Waals surface area (Å²) in [5.41, 5.74) is 1.93. The highest BCUT2D eigenvalue weighted by molar-refractivity contribution is 7.92. The van der Waals surface area contributed by atoms with Crippen molar-refractivity contribution in [2.75, 3.05) is 30.4 Å². The van der Waals surface area contributed by atoms with Crippen LogP contribution in [0.15, 0.2) is 66.7 Å². The maximum Gasteiger partial charge on any atom is 0.243 e. The molecule has 1 aliphatic heterocycles. The Morgan fingerprint density at radius 3 is 2.43 bits per heavy atom. The average molecular weight is 635 g/mol. The predicted molar refractivity (Wildman–Crippen MR) is 164 cm³/mol. The molecular weight excluding hydrogens is 601 g/mol. The van der Waals surface area contributed by atoms with Gasteiger partial charge in [0.1, 0.15) is 6.04 Å². The summed E-state index contributed by atoms with van der Waals surface area (Å²) >= 11 is 12.6. The number of fused-ring (bicyclic) bond motifs is 1. The minimum Gasteiger partial charge on any atom is -0.454 e. The number of hydrogen-bond donors (Lipinski definition) is 1. The summed E-state index contributed by atoms with van der Waals surface area (Å²) in [5, 5.41) is 3.68. The van der Waals surface area contributed by atoms with Gasteiger partial charge in [0, 0.05) is 48.6 Å². The summed E-state index contributed by atoms with van der Waals surface area (Å²) in [6.07, 6.45) is 1.60. The number of benzene rings is 3. The third kappa shape index (κ3) is 8.08. The molecule has 12 heteroatoms. The zero-order valence-electron chi connectivity index (χ0n) is 23.4. The fourth-order valence-corrected chi connectivity index (χ4v) is 6.15. The molecule has 2 amide bonds. The molecule has 3 aromatic rings. The van der Waals surface area contributed by atoms with Gasteiger partial charge in [-0.3, -0.25) is 13.9 Å². The highest BCUT2D eigenvalue weighted by Crippen LogP contribution is 2.36. The second-order valence-corrected chi connectivity index (χ2v) is 12.6. The van der Waals surface area contributed by atoms with Gasteiger partial charge < -0.3 is 19.7 Å². The standard InChI is InChI=1S/C30H33Cl2N3O6S/c1-3-33-30(37)26(16-21-8-5-4-6-9-21)34(19-22-11-12-23(31)17-25(22)32)29(36)10-7-15-35(42(2,38)39)24-13-14-27-28(18-24)41-20-40-27/h4-6,8-9,11-14,17-18,26H,3,7,10,15-16,19-20H2,1-2H3,(H,33,37). The lowest BCUT2D eigenvalue weighted by Gasteiger charge is -2.32. The molecule has 1 heterocycles. The Morgan fingerprint density at radius 2 is 1.74 bits per heavy atom. The molecule has 1 aliphatic rings. The zero-order chi connectivity index (χ0) is 30.3. The number of carbonyl (C=O) groups excluding carboxylic acids is 2. The molecule has 4 rings (SSSR count). The molecule has 0 bridgehead atoms. The number of halogens is 2. The van der Waals surface area contributed by atoms with Gasteiger partial charge in [-0.2, -0.15) is 0 Å². The van der Waals surface area contributed by atoms with E-state index in [-0.39, 0.29) is 51.0 Å². The molecule has 224 valence electrons. The Morgan fingerprint density at radius 1 is 1.00 bits per heavy atom. The van der Waals surface area contributed by atoms with Crippen molar-refractivity contribution in [1.82, 2.24) is 10.2 Å². The van der Waals surface area contributed by atoms with Crippen LogP contribution in [-0.2, 0) is 32.6 Å². The molecular formula is C30H33Cl2N3O6S. The Hall–Kier alpha value is -3.47. The highest BCUT2D eigenvalue weighted by Gasteiger charge is 2.31. The summed E-state index contributed by atoms with van der Waals surface area (Å²) in [6.45, 7) is 2.39. The van der Waals surface area contributed by atoms with E-state index in [0.717, 1.165) is 11.8 Å². The van der Waals surface area contributed by atoms with Crippen LogP contribution in [0.1, 0.15) is 30.9 Å². The number of carbonyl (C=O) groups is 2. The van der Waals surface area contributed by atoms with E-state index in [2.05, 4.69) is 5.32 Å². The first kappa shape index (κ1) is 31.5. The van der Waals surface area contributed by atoms with Crippen molar-refractivity contribution in [2.24, 2.45) is 0 Å². The second-order valence-electron chi connectivity index (χ2n) is 9.83. The molecule has 0 aliphatic carbocycles. The summed E-state index contributed by atoms with van der Waals surface area (Å²) < 4.78 is 37.4. The lowest BCUT2D eigenvalue weighted by molar-refractivity contribution is -0.141. The van der Waals surface area contributed by atoms with Crippen LogP contribution >= 0.6 is 23.2 Å². The lowest BCUT2D eigenvalue weighted by atomic mass is 10.0. The first-order valence-corrected chi connectivity index (χ1v) is 16.1. The average Bonchev–Trinajstić information content (AvgIpc) is 3.42. The highest BCUT2D eigenvalue weighted by atomic mass is 35.5. The van der Waals surface area contributed by atoms with Crippen LogP contribution in [0.5, 0.6) is 11.5 Å². The first-order valence-electron chi connectivity index (χ1n) is 13.5. The van der Waals surface area contributed by atoms with Gasteiger partial charge in [0.25, 0.3) is 0 Å². The summed E-state index contributed by atoms with van der Waals surface area (Å²) in [7, 11) is -3.67. The normalized spacial score (nSPS) is 13.0. The van der Waals surface area contributed by atoms with Gasteiger partial charge in [-0.25, -0.2) is 8.42 Å². The van der Waals surface area contributed by atoms with E-state index in [1.165, 1.54) is 9.21 Å². The van der Waals surface area contributed by atoms with Crippen molar-refractivity contribution in [1.29, 1.82) is 0 Å². The van der Waals surface area contributed by atoms with E-state index in [0.29, 0.717) is 39.3 Å². The van der Waals surface area contributed by atoms with Crippen LogP contribution < -0.4 is 19.1 Å². The van der Waals surface area contributed by atoms with Crippen LogP contribution in [0.25, 0.3) is 0 Å². The Bertz CT molecular complexity index is 1520. The van der Waals surface area contributed by atoms with Gasteiger partial charge in [0.05, 0.1) is 11.9 Å². The SMILES string of the molecule is CCNC(=O)C(Cc1ccccc1)N(Cc1ccc(Cl)cc1Cl)C(=O)CCCN(c1ccc2c(c1)OCO2)S(C)(=O)=O. The van der Waals surface area contributed by atoms with Gasteiger partial charge in [-0.1, -0.05) is 59.6 Å². The van der Waals surface area contributed by atoms with Crippen LogP contribution in [-0.4, -0.2) is 57.3 Å². The van der Waals surface area contributed by atoms with Crippen molar-refractivity contribution in [2.45, 2.75) is 38.8 Å². The molecule has 0 aromatic heterocycles. The molecule has 0 saturated carbocycles. The predicted octanol–water partition coefficient (Wildman–Crippen LogP) is 5.04. The molecule has 1 N–H and O–H groups in total. The van der Waals surface area contributed by atoms with Crippen LogP contribution in [0, 0.1) is 0 Å². The third-order valence-corrected chi connectivity index (χ3v) is 8.56. The number of amides is 2. The van der Waals surface area contributed by atoms with Crippen LogP contribution in [0.3, 0.4) is 0 Å². The number of nitrogens with one attached hydrogen (secondary N) is 1. The third-order valence-electron chi connectivity index (χ3n) is 6.77. The fraction of sp³-hybridized carbons (Fsp3) is 0.333. The molecule has 0 saturated heterocycles. The van der Waals surface area contributed by atoms with Gasteiger partial charge in [-0.15, -0.1) is 0 Å². The maximum atomic E-state index is 13.9. The number of rotatable bonds is 13. The number of ether oxygens (including phenoxy) is 2. The maximum absolute atomic E-state index is 13.9. The molecule has 0 radical (unpaired) electrons. The van der Waals surface area contributed by atoms with Crippen molar-refractivity contribution in [3.05, 3.63) is 87.9 Å². The summed E-state index contributed by atoms with van der Waals surface area (Å²) in [5.74, 6) is 0.382. The van der Waals surface area contributed by atoms with Crippen molar-refractivity contribution < 1.29 is 27.5 Å². The molecule has 42 heavy (non-hydrogen) atoms. The Kier molecular flexibility index (Phi) is 10.6. The topological polar surface area (TPSA) is 105 Å². The number of hydrogen-bond acceptors (Lipinski definition) is 6. The number of sulfonamides is 1. The molecule has 3 aromatic carbocycles. The van der Waals surface area contributed by atoms with Gasteiger partial charge in [-0.05, 0) is 48.7 Å². The Labute approximate surface area is 256 Å². The number of anilines is 1. The van der Waals surface area contributed by atoms with Gasteiger partial charge in [0.15, 0.2) is 11.5 Å². The van der Waals surface area contributed by atoms with E-state index in [9.17, 15) is 18.0 Å². The summed E-state index contributed by atoms with van der Waals surface area (Å²) in [6, 6.07) is 18.5. The van der Waals surface area contributed by atoms with Crippen LogP contribution in [0.4, 0.5) is 5.69 Å². The largest absolute Gasteiger partial charge is 0.454 e. The van der Waals surface area contributed by atoms with Crippen molar-refractivity contribution in [3.63, 3.8) is 0 Å². The molecule has 1 unspecified atom stereocenters. The smallest absolute Gasteiger partial charge is 0.243 e. The van der Waals surface area contributed by atoms with Gasteiger partial charge >= 0.3 is 0 Å². The second kappa shape index (κ2) is 14.1. The summed E-state index contributed by atoms with van der Waals surface area (Å²) in [4.78, 5) is 28.7. The fourth-order valence-electron chi connectivity index (χ4n) is 4.72. The number of nitrogens with zero attached hydrogens (tertiary/aromatic N) is 2. The molecule has 0 fully saturated rings. The minimum atomic E-state index is -3.67. The van der Waals surface area contributed by atoms with E-state index >= 15 is 0 Å². The first-order chi connectivity index (χ1) is 20.1. The van der Waals surface area contributed by atoms with E-state index in [1.54, 1.807) is 36.4 Å². The van der Waals surface area contributed by atoms with E-state index in [4.69, 9.17) is 32.7 Å². The molecule has 1 atom stereocenters. The lowest BCUT2D eigenvalue weighted by Crippen LogP contribution is -2.50. The van der Waals surface area contributed by atoms with E-state index in [1.807, 2.05) is 37.3 Å². The van der Waals surface area contributed by atoms with Crippen molar-refractivity contribution in [3.8, 4) is 11.5 Å². The quantitative estimate of drug-likeness (QED) is 0.283. The van der Waals surface area contributed by atoms with Gasteiger partial charge in [0.2, 0.25) is 28.6 Å². The molecule has 0 spiro atoms. The zero-order valence-corrected chi connectivity index (χ0v) is 25.7. The minimum absolute atomic E-state index is 0.00746. The molecule has 9 nitrogen and oxygen atoms in total. The Balaban J connectivity index is 1.58. The van der Waals surface area contributed by atoms with E-state index < -0.39 is 16.1 Å². The number of likely N-dealkylation sites (N-methyl/N-ethyl adjacent to an activating group) is 1. The monoisotopic (exact) mass is 633 g/mol. The van der Waals surface area contributed by atoms with Crippen molar-refractivity contribution >= 4 is 50.7 Å². The van der Waals surface area contributed by atoms with Crippen LogP contribution in [0.2, 0.25) is 10.0 Å².